The van der Waals surface area contributed by atoms with Gasteiger partial charge >= 0.3 is 45.9 Å². The van der Waals surface area contributed by atoms with Gasteiger partial charge in [0.2, 0.25) is 0 Å². The number of carboxylic acid groups (broad SMARTS) is 4. The number of rotatable bonds is 23. The molecule has 0 spiro atoms. The Morgan fingerprint density at radius 3 is 1.38 bits per heavy atom. The Morgan fingerprint density at radius 1 is 0.642 bits per heavy atom. The first-order chi connectivity index (χ1) is 25.0. The van der Waals surface area contributed by atoms with Gasteiger partial charge in [0.25, 0.3) is 0 Å². The Morgan fingerprint density at radius 2 is 1.02 bits per heavy atom. The Kier molecular flexibility index (Phi) is 25.3. The molecule has 0 unspecified atom stereocenters. The summed E-state index contributed by atoms with van der Waals surface area (Å²) in [7, 11) is 0. The van der Waals surface area contributed by atoms with Gasteiger partial charge in [0.15, 0.2) is 0 Å². The maximum Gasteiger partial charge on any atom is 3.00 e. The van der Waals surface area contributed by atoms with E-state index in [1.807, 2.05) is 31.2 Å². The van der Waals surface area contributed by atoms with Crippen LogP contribution in [0.5, 0.6) is 5.75 Å². The van der Waals surface area contributed by atoms with Crippen LogP contribution in [0.4, 0.5) is 0 Å². The third kappa shape index (κ3) is 17.5. The van der Waals surface area contributed by atoms with Crippen LogP contribution in [0.2, 0.25) is 0 Å². The predicted molar refractivity (Wildman–Crippen MR) is 178 cm³/mol. The molecule has 19 heteroatoms. The van der Waals surface area contributed by atoms with Crippen molar-refractivity contribution in [2.24, 2.45) is 0 Å². The standard InChI is InChI=1S/C34H56N4O14.Gd/c1-2-50-18-19-51-20-21-52-26-8-6-25(7-9-26)4-3-5-27(31(42)43)35-10-12-36(28(22-39)32(44)45)14-16-38(30(24-41)34(48)49)17-15-37(13-11-35)29(23-40)33(46)47;/h6-9,27-30,39-41H,2-5,10-24H2,1H3,(H,42,43)(H,44,45)(H,46,47)(H,48,49);/q;+3/p-3/t27-,28+,29+,30+;/m1./s1. The number of aliphatic hydroxyl groups is 3. The Labute approximate surface area is 341 Å². The molecule has 0 aliphatic carbocycles. The van der Waals surface area contributed by atoms with Crippen molar-refractivity contribution in [2.75, 3.05) is 105 Å². The van der Waals surface area contributed by atoms with Crippen LogP contribution in [0, 0.1) is 39.9 Å². The van der Waals surface area contributed by atoms with E-state index in [2.05, 4.69) is 0 Å². The summed E-state index contributed by atoms with van der Waals surface area (Å²) in [6.45, 7) is 0.944. The smallest absolute Gasteiger partial charge is 0.548 e. The van der Waals surface area contributed by atoms with Crippen LogP contribution >= 0.6 is 0 Å². The van der Waals surface area contributed by atoms with E-state index in [1.54, 1.807) is 4.90 Å². The molecule has 1 fully saturated rings. The first-order valence-electron chi connectivity index (χ1n) is 17.5. The third-order valence-corrected chi connectivity index (χ3v) is 9.02. The molecule has 0 amide bonds. The predicted octanol–water partition coefficient (Wildman–Crippen LogP) is -5.55. The fraction of sp³-hybridized carbons (Fsp3) is 0.706. The normalized spacial score (nSPS) is 18.0. The van der Waals surface area contributed by atoms with E-state index in [0.717, 1.165) is 5.56 Å². The molecule has 1 saturated heterocycles. The molecule has 1 heterocycles. The minimum atomic E-state index is -1.61. The molecule has 0 aromatic heterocycles. The topological polar surface area (TPSA) is 259 Å². The monoisotopic (exact) mass is 899 g/mol. The number of aryl methyl sites for hydroxylation is 1. The molecule has 4 atom stereocenters. The van der Waals surface area contributed by atoms with E-state index in [9.17, 15) is 54.9 Å². The Bertz CT molecular complexity index is 1180. The van der Waals surface area contributed by atoms with Crippen LogP contribution in [0.25, 0.3) is 0 Å². The molecule has 1 aromatic carbocycles. The molecular weight excluding hydrogens is 846 g/mol. The second kappa shape index (κ2) is 27.4. The summed E-state index contributed by atoms with van der Waals surface area (Å²) in [5.74, 6) is -5.29. The largest absolute Gasteiger partial charge is 3.00 e. The van der Waals surface area contributed by atoms with Crippen molar-refractivity contribution in [3.05, 3.63) is 29.8 Å². The molecule has 53 heavy (non-hydrogen) atoms. The van der Waals surface area contributed by atoms with Gasteiger partial charge in [-0.05, 0) is 43.9 Å². The van der Waals surface area contributed by atoms with Crippen molar-refractivity contribution in [3.8, 4) is 5.75 Å². The van der Waals surface area contributed by atoms with Gasteiger partial charge in [-0.2, -0.15) is 0 Å². The number of aliphatic carboxylic acids is 4. The summed E-state index contributed by atoms with van der Waals surface area (Å²) < 4.78 is 16.3. The summed E-state index contributed by atoms with van der Waals surface area (Å²) in [5, 5.41) is 75.6. The summed E-state index contributed by atoms with van der Waals surface area (Å²) >= 11 is 0. The summed E-state index contributed by atoms with van der Waals surface area (Å²) in [4.78, 5) is 53.9. The second-order valence-electron chi connectivity index (χ2n) is 12.2. The number of carbonyl (C=O) groups excluding carboxylic acids is 3. The van der Waals surface area contributed by atoms with E-state index < -0.39 is 67.9 Å². The van der Waals surface area contributed by atoms with Crippen molar-refractivity contribution < 1.29 is 109 Å². The van der Waals surface area contributed by atoms with Crippen LogP contribution in [0.15, 0.2) is 24.3 Å². The van der Waals surface area contributed by atoms with Crippen molar-refractivity contribution in [1.29, 1.82) is 0 Å². The van der Waals surface area contributed by atoms with Crippen molar-refractivity contribution in [2.45, 2.75) is 50.4 Å². The first kappa shape index (κ1) is 48.9. The SMILES string of the molecule is CCOCCOCCOc1ccc(CCC[C@H](C(=O)O)N2CCN([C@@H](CO)C(=O)[O-])CCN([C@@H](CO)C(=O)[O-])CCN([C@@H](CO)C(=O)[O-])CC2)cc1.[Gd+3]. The van der Waals surface area contributed by atoms with Crippen molar-refractivity contribution in [1.82, 2.24) is 19.6 Å². The number of carboxylic acids is 4. The number of hydrogen-bond acceptors (Lipinski definition) is 17. The van der Waals surface area contributed by atoms with Crippen LogP contribution in [-0.2, 0) is 35.1 Å². The first-order valence-corrected chi connectivity index (χ1v) is 17.5. The van der Waals surface area contributed by atoms with Gasteiger partial charge in [0.05, 0.1) is 75.7 Å². The molecule has 1 radical (unpaired) electrons. The fourth-order valence-corrected chi connectivity index (χ4v) is 6.04. The van der Waals surface area contributed by atoms with Gasteiger partial charge in [0.1, 0.15) is 18.4 Å². The molecule has 0 bridgehead atoms. The van der Waals surface area contributed by atoms with Gasteiger partial charge < -0.3 is 64.3 Å². The van der Waals surface area contributed by atoms with Crippen LogP contribution in [0.3, 0.4) is 0 Å². The van der Waals surface area contributed by atoms with Crippen LogP contribution in [0.1, 0.15) is 25.3 Å². The minimum absolute atomic E-state index is 0. The zero-order valence-electron chi connectivity index (χ0n) is 30.1. The molecule has 1 aliphatic rings. The average molecular weight is 899 g/mol. The van der Waals surface area contributed by atoms with Gasteiger partial charge in [-0.1, -0.05) is 12.1 Å². The maximum atomic E-state index is 12.7. The maximum absolute atomic E-state index is 12.7. The summed E-state index contributed by atoms with van der Waals surface area (Å²) in [6.07, 6.45) is 1.16. The average Bonchev–Trinajstić information content (AvgIpc) is 3.10. The van der Waals surface area contributed by atoms with E-state index >= 15 is 0 Å². The van der Waals surface area contributed by atoms with Gasteiger partial charge in [-0.25, -0.2) is 0 Å². The summed E-state index contributed by atoms with van der Waals surface area (Å²) in [5.41, 5.74) is 0.942. The third-order valence-electron chi connectivity index (χ3n) is 9.02. The molecule has 4 N–H and O–H groups in total. The van der Waals surface area contributed by atoms with E-state index in [4.69, 9.17) is 14.2 Å². The Balaban J connectivity index is 0.0000140. The number of hydrogen-bond donors (Lipinski definition) is 4. The zero-order valence-corrected chi connectivity index (χ0v) is 32.3. The number of ether oxygens (including phenoxy) is 3. The molecule has 1 aromatic rings. The molecule has 0 saturated carbocycles. The minimum Gasteiger partial charge on any atom is -0.548 e. The molecule has 18 nitrogen and oxygen atoms in total. The molecular formula is C34H53GdN4O14. The number of nitrogens with zero attached hydrogens (tertiary/aromatic N) is 4. The Hall–Kier alpha value is -2.14. The van der Waals surface area contributed by atoms with Gasteiger partial charge in [-0.15, -0.1) is 0 Å². The molecule has 1 aliphatic heterocycles. The van der Waals surface area contributed by atoms with E-state index in [0.29, 0.717) is 51.6 Å². The zero-order chi connectivity index (χ0) is 38.5. The summed E-state index contributed by atoms with van der Waals surface area (Å²) in [6, 6.07) is 1.78. The van der Waals surface area contributed by atoms with E-state index in [-0.39, 0.29) is 98.7 Å². The number of carbonyl (C=O) groups is 4. The van der Waals surface area contributed by atoms with Gasteiger partial charge in [-0.3, -0.25) is 24.4 Å². The number of benzene rings is 1. The molecule has 301 valence electrons. The quantitative estimate of drug-likeness (QED) is 0.0747. The van der Waals surface area contributed by atoms with Crippen LogP contribution in [-0.4, -0.2) is 193 Å². The van der Waals surface area contributed by atoms with Crippen molar-refractivity contribution in [3.63, 3.8) is 0 Å². The number of aliphatic hydroxyl groups excluding tert-OH is 3. The van der Waals surface area contributed by atoms with Crippen molar-refractivity contribution >= 4 is 23.9 Å². The molecule has 2 rings (SSSR count). The second-order valence-corrected chi connectivity index (χ2v) is 12.2. The fourth-order valence-electron chi connectivity index (χ4n) is 6.04. The van der Waals surface area contributed by atoms with Gasteiger partial charge in [0, 0.05) is 59.0 Å². The van der Waals surface area contributed by atoms with Crippen LogP contribution < -0.4 is 20.1 Å². The van der Waals surface area contributed by atoms with E-state index in [1.165, 1.54) is 14.7 Å².